The van der Waals surface area contributed by atoms with E-state index < -0.39 is 17.4 Å². The molecule has 1 aliphatic heterocycles. The van der Waals surface area contributed by atoms with Gasteiger partial charge < -0.3 is 21.7 Å². The number of benzene rings is 1. The van der Waals surface area contributed by atoms with E-state index in [1.165, 1.54) is 0 Å². The Morgan fingerprint density at radius 1 is 1.28 bits per heavy atom. The molecule has 1 aliphatic rings. The lowest BCUT2D eigenvalue weighted by Gasteiger charge is -2.34. The summed E-state index contributed by atoms with van der Waals surface area (Å²) in [6.07, 6.45) is 2.77. The second-order valence-electron chi connectivity index (χ2n) is 6.31. The highest BCUT2D eigenvalue weighted by molar-refractivity contribution is 5.95. The molecule has 0 radical (unpaired) electrons. The third kappa shape index (κ3) is 4.57. The van der Waals surface area contributed by atoms with Crippen LogP contribution in [0.15, 0.2) is 30.3 Å². The molecule has 1 fully saturated rings. The Bertz CT molecular complexity index is 614. The first-order valence-corrected chi connectivity index (χ1v) is 8.67. The van der Waals surface area contributed by atoms with Crippen molar-refractivity contribution in [2.75, 3.05) is 13.1 Å². The van der Waals surface area contributed by atoms with Gasteiger partial charge in [-0.05, 0) is 31.4 Å². The number of nitrogens with one attached hydrogen (secondary N) is 3. The minimum absolute atomic E-state index is 0.205. The number of nitrogens with two attached hydrogens (primary N) is 1. The van der Waals surface area contributed by atoms with Gasteiger partial charge in [0.25, 0.3) is 5.91 Å². The van der Waals surface area contributed by atoms with Crippen molar-refractivity contribution in [3.05, 3.63) is 35.9 Å². The average molecular weight is 346 g/mol. The van der Waals surface area contributed by atoms with E-state index in [1.54, 1.807) is 0 Å². The van der Waals surface area contributed by atoms with E-state index in [-0.39, 0.29) is 18.5 Å². The highest BCUT2D eigenvalue weighted by atomic mass is 16.2. The van der Waals surface area contributed by atoms with Crippen molar-refractivity contribution in [2.24, 2.45) is 5.73 Å². The summed E-state index contributed by atoms with van der Waals surface area (Å²) in [7, 11) is 0. The maximum Gasteiger partial charge on any atom is 0.250 e. The molecule has 0 bridgehead atoms. The topological polar surface area (TPSA) is 113 Å². The Kier molecular flexibility index (Phi) is 6.52. The fourth-order valence-electron chi connectivity index (χ4n) is 3.20. The quantitative estimate of drug-likeness (QED) is 0.537. The Hall–Kier alpha value is -2.41. The van der Waals surface area contributed by atoms with Crippen LogP contribution in [0.25, 0.3) is 0 Å². The third-order valence-corrected chi connectivity index (χ3v) is 4.42. The molecule has 1 aromatic carbocycles. The van der Waals surface area contributed by atoms with Gasteiger partial charge in [-0.3, -0.25) is 14.4 Å². The molecular formula is C18H26N4O3. The summed E-state index contributed by atoms with van der Waals surface area (Å²) in [5.74, 6) is -1.26. The van der Waals surface area contributed by atoms with Gasteiger partial charge in [0, 0.05) is 0 Å². The molecule has 0 unspecified atom stereocenters. The molecule has 7 heteroatoms. The number of carbonyl (C=O) groups is 3. The van der Waals surface area contributed by atoms with Crippen LogP contribution in [0.4, 0.5) is 0 Å². The zero-order valence-corrected chi connectivity index (χ0v) is 14.5. The monoisotopic (exact) mass is 346 g/mol. The van der Waals surface area contributed by atoms with Crippen molar-refractivity contribution in [1.29, 1.82) is 0 Å². The van der Waals surface area contributed by atoms with Gasteiger partial charge >= 0.3 is 0 Å². The van der Waals surface area contributed by atoms with Crippen LogP contribution in [0, 0.1) is 0 Å². The summed E-state index contributed by atoms with van der Waals surface area (Å²) in [6.45, 7) is 2.46. The summed E-state index contributed by atoms with van der Waals surface area (Å²) in [5, 5.41) is 8.65. The third-order valence-electron chi connectivity index (χ3n) is 4.42. The van der Waals surface area contributed by atoms with E-state index in [1.807, 2.05) is 37.3 Å². The van der Waals surface area contributed by atoms with E-state index in [2.05, 4.69) is 16.0 Å². The first-order valence-electron chi connectivity index (χ1n) is 8.67. The molecule has 136 valence electrons. The second-order valence-corrected chi connectivity index (χ2v) is 6.31. The number of hydrogen-bond acceptors (Lipinski definition) is 4. The lowest BCUT2D eigenvalue weighted by Crippen LogP contribution is -2.59. The van der Waals surface area contributed by atoms with Crippen LogP contribution in [0.1, 0.15) is 38.2 Å². The molecule has 5 N–H and O–H groups in total. The van der Waals surface area contributed by atoms with E-state index in [4.69, 9.17) is 5.73 Å². The van der Waals surface area contributed by atoms with Crippen LogP contribution < -0.4 is 21.7 Å². The second kappa shape index (κ2) is 8.62. The van der Waals surface area contributed by atoms with E-state index in [0.717, 1.165) is 19.4 Å². The van der Waals surface area contributed by atoms with Crippen LogP contribution in [-0.2, 0) is 19.9 Å². The van der Waals surface area contributed by atoms with Gasteiger partial charge in [0.05, 0.1) is 12.6 Å². The minimum Gasteiger partial charge on any atom is -0.368 e. The van der Waals surface area contributed by atoms with E-state index >= 15 is 0 Å². The Morgan fingerprint density at radius 2 is 2.00 bits per heavy atom. The van der Waals surface area contributed by atoms with Crippen molar-refractivity contribution >= 4 is 17.7 Å². The maximum absolute atomic E-state index is 13.0. The standard InChI is InChI=1S/C18H26N4O3/c1-2-10-18(13-7-4-3-5-8-13,17(25)21-12-15(19)23)22-16(24)14-9-6-11-20-14/h3-5,7-8,14,20H,2,6,9-12H2,1H3,(H2,19,23)(H,21,25)(H,22,24)/t14-,18-/m0/s1. The fourth-order valence-corrected chi connectivity index (χ4v) is 3.20. The molecule has 1 aromatic rings. The maximum atomic E-state index is 13.0. The normalized spacial score (nSPS) is 19.0. The average Bonchev–Trinajstić information content (AvgIpc) is 3.14. The molecule has 0 aromatic heterocycles. The van der Waals surface area contributed by atoms with Crippen molar-refractivity contribution in [3.63, 3.8) is 0 Å². The summed E-state index contributed by atoms with van der Waals surface area (Å²) in [5.41, 5.74) is 4.60. The number of carbonyl (C=O) groups excluding carboxylic acids is 3. The van der Waals surface area contributed by atoms with Crippen LogP contribution in [-0.4, -0.2) is 36.9 Å². The fraction of sp³-hybridized carbons (Fsp3) is 0.500. The van der Waals surface area contributed by atoms with Crippen LogP contribution >= 0.6 is 0 Å². The largest absolute Gasteiger partial charge is 0.368 e. The van der Waals surface area contributed by atoms with Crippen LogP contribution in [0.3, 0.4) is 0 Å². The van der Waals surface area contributed by atoms with Crippen molar-refractivity contribution in [2.45, 2.75) is 44.2 Å². The predicted octanol–water partition coefficient (Wildman–Crippen LogP) is 0.152. The van der Waals surface area contributed by atoms with Crippen LogP contribution in [0.5, 0.6) is 0 Å². The molecule has 2 rings (SSSR count). The Morgan fingerprint density at radius 3 is 2.56 bits per heavy atom. The van der Waals surface area contributed by atoms with Gasteiger partial charge in [-0.25, -0.2) is 0 Å². The number of amides is 3. The molecule has 3 amide bonds. The molecule has 25 heavy (non-hydrogen) atoms. The summed E-state index contributed by atoms with van der Waals surface area (Å²) < 4.78 is 0. The van der Waals surface area contributed by atoms with E-state index in [0.29, 0.717) is 18.4 Å². The number of primary amides is 1. The number of rotatable bonds is 8. The van der Waals surface area contributed by atoms with Crippen LogP contribution in [0.2, 0.25) is 0 Å². The Balaban J connectivity index is 2.34. The summed E-state index contributed by atoms with van der Waals surface area (Å²) in [4.78, 5) is 36.7. The molecule has 0 spiro atoms. The van der Waals surface area contributed by atoms with Gasteiger partial charge in [0.15, 0.2) is 0 Å². The predicted molar refractivity (Wildman–Crippen MR) is 94.4 cm³/mol. The lowest BCUT2D eigenvalue weighted by atomic mass is 9.84. The SMILES string of the molecule is CCC[C@@](NC(=O)[C@@H]1CCCN1)(C(=O)NCC(N)=O)c1ccccc1. The molecule has 7 nitrogen and oxygen atoms in total. The van der Waals surface area contributed by atoms with Crippen molar-refractivity contribution in [1.82, 2.24) is 16.0 Å². The first-order chi connectivity index (χ1) is 12.0. The zero-order chi connectivity index (χ0) is 18.3. The van der Waals surface area contributed by atoms with Crippen molar-refractivity contribution in [3.8, 4) is 0 Å². The van der Waals surface area contributed by atoms with Gasteiger partial charge in [-0.1, -0.05) is 43.7 Å². The van der Waals surface area contributed by atoms with Crippen molar-refractivity contribution < 1.29 is 14.4 Å². The van der Waals surface area contributed by atoms with Gasteiger partial charge in [-0.15, -0.1) is 0 Å². The first kappa shape index (κ1) is 18.9. The molecule has 1 saturated heterocycles. The summed E-state index contributed by atoms with van der Waals surface area (Å²) >= 11 is 0. The highest BCUT2D eigenvalue weighted by Gasteiger charge is 2.42. The van der Waals surface area contributed by atoms with E-state index in [9.17, 15) is 14.4 Å². The molecule has 0 saturated carbocycles. The molecule has 0 aliphatic carbocycles. The Labute approximate surface area is 147 Å². The lowest BCUT2D eigenvalue weighted by molar-refractivity contribution is -0.136. The highest BCUT2D eigenvalue weighted by Crippen LogP contribution is 2.28. The molecule has 2 atom stereocenters. The van der Waals surface area contributed by atoms with Gasteiger partial charge in [0.2, 0.25) is 11.8 Å². The molecular weight excluding hydrogens is 320 g/mol. The zero-order valence-electron chi connectivity index (χ0n) is 14.5. The number of hydrogen-bond donors (Lipinski definition) is 4. The molecule has 1 heterocycles. The van der Waals surface area contributed by atoms with Gasteiger partial charge in [0.1, 0.15) is 5.54 Å². The summed E-state index contributed by atoms with van der Waals surface area (Å²) in [6, 6.07) is 8.80. The smallest absolute Gasteiger partial charge is 0.250 e. The minimum atomic E-state index is -1.23. The van der Waals surface area contributed by atoms with Gasteiger partial charge in [-0.2, -0.15) is 0 Å².